The highest BCUT2D eigenvalue weighted by Gasteiger charge is 2.22. The number of hydrogen-bond acceptors (Lipinski definition) is 6. The van der Waals surface area contributed by atoms with Crippen molar-refractivity contribution in [1.82, 2.24) is 19.9 Å². The molecule has 1 aliphatic rings. The quantitative estimate of drug-likeness (QED) is 0.258. The Hall–Kier alpha value is -2.97. The van der Waals surface area contributed by atoms with E-state index in [2.05, 4.69) is 9.97 Å². The largest absolute Gasteiger partial charge is 0.356 e. The number of rotatable bonds is 6. The Kier molecular flexibility index (Phi) is 5.57. The molecule has 5 rings (SSSR count). The minimum Gasteiger partial charge on any atom is -0.356 e. The van der Waals surface area contributed by atoms with E-state index in [0.717, 1.165) is 46.7 Å². The highest BCUT2D eigenvalue weighted by Crippen LogP contribution is 2.30. The maximum absolute atomic E-state index is 12.8. The molecule has 1 aromatic carbocycles. The molecule has 0 spiro atoms. The van der Waals surface area contributed by atoms with Crippen LogP contribution in [0.25, 0.3) is 21.6 Å². The van der Waals surface area contributed by atoms with Crippen molar-refractivity contribution >= 4 is 45.7 Å². The van der Waals surface area contributed by atoms with Crippen molar-refractivity contribution in [1.29, 1.82) is 0 Å². The van der Waals surface area contributed by atoms with Gasteiger partial charge in [-0.3, -0.25) is 9.59 Å². The minimum atomic E-state index is -0.0397. The average molecular weight is 449 g/mol. The second-order valence-corrected chi connectivity index (χ2v) is 9.27. The molecular formula is C23H20N4O2S2. The molecule has 4 heterocycles. The molecule has 0 unspecified atom stereocenters. The fraction of sp³-hybridized carbons (Fsp3) is 0.217. The molecule has 1 amide bonds. The highest BCUT2D eigenvalue weighted by atomic mass is 32.2. The van der Waals surface area contributed by atoms with Gasteiger partial charge in [0.05, 0.1) is 16.1 Å². The Morgan fingerprint density at radius 3 is 2.74 bits per heavy atom. The lowest BCUT2D eigenvalue weighted by Gasteiger charge is -2.13. The van der Waals surface area contributed by atoms with Gasteiger partial charge in [-0.2, -0.15) is 0 Å². The Morgan fingerprint density at radius 2 is 1.94 bits per heavy atom. The SMILES string of the molecule is O=C(CSc1nc(-c2cccs2)nc2ccccc12)c1c[nH]c(C(=O)N2CCCC2)c1. The van der Waals surface area contributed by atoms with Crippen LogP contribution in [-0.2, 0) is 0 Å². The maximum Gasteiger partial charge on any atom is 0.270 e. The first-order valence-corrected chi connectivity index (χ1v) is 12.0. The number of fused-ring (bicyclic) bond motifs is 1. The molecule has 4 aromatic rings. The summed E-state index contributed by atoms with van der Waals surface area (Å²) >= 11 is 2.99. The van der Waals surface area contributed by atoms with Gasteiger partial charge in [0.1, 0.15) is 10.7 Å². The molecule has 0 saturated carbocycles. The molecule has 31 heavy (non-hydrogen) atoms. The van der Waals surface area contributed by atoms with Gasteiger partial charge in [0.2, 0.25) is 0 Å². The number of benzene rings is 1. The number of thioether (sulfide) groups is 1. The number of para-hydroxylation sites is 1. The number of thiophene rings is 1. The molecule has 6 nitrogen and oxygen atoms in total. The topological polar surface area (TPSA) is 79.0 Å². The minimum absolute atomic E-state index is 0.0356. The van der Waals surface area contributed by atoms with E-state index in [-0.39, 0.29) is 17.4 Å². The third kappa shape index (κ3) is 4.13. The Morgan fingerprint density at radius 1 is 1.10 bits per heavy atom. The Labute approximate surface area is 187 Å². The number of aromatic amines is 1. The lowest BCUT2D eigenvalue weighted by atomic mass is 10.2. The van der Waals surface area contributed by atoms with Gasteiger partial charge in [0.15, 0.2) is 11.6 Å². The number of likely N-dealkylation sites (tertiary alicyclic amines) is 1. The fourth-order valence-corrected chi connectivity index (χ4v) is 5.23. The van der Waals surface area contributed by atoms with Crippen LogP contribution in [-0.4, -0.2) is 50.4 Å². The zero-order chi connectivity index (χ0) is 21.2. The van der Waals surface area contributed by atoms with Crippen LogP contribution >= 0.6 is 23.1 Å². The molecule has 1 saturated heterocycles. The Balaban J connectivity index is 1.35. The van der Waals surface area contributed by atoms with Crippen LogP contribution < -0.4 is 0 Å². The first-order chi connectivity index (χ1) is 15.2. The van der Waals surface area contributed by atoms with Crippen molar-refractivity contribution in [2.75, 3.05) is 18.8 Å². The van der Waals surface area contributed by atoms with E-state index in [1.54, 1.807) is 23.6 Å². The molecule has 1 fully saturated rings. The van der Waals surface area contributed by atoms with Crippen LogP contribution in [0.3, 0.4) is 0 Å². The Bertz CT molecular complexity index is 1240. The third-order valence-corrected chi connectivity index (χ3v) is 7.14. The lowest BCUT2D eigenvalue weighted by Crippen LogP contribution is -2.27. The van der Waals surface area contributed by atoms with Crippen LogP contribution in [0.2, 0.25) is 0 Å². The summed E-state index contributed by atoms with van der Waals surface area (Å²) in [7, 11) is 0. The smallest absolute Gasteiger partial charge is 0.270 e. The number of nitrogens with zero attached hydrogens (tertiary/aromatic N) is 3. The molecule has 1 aliphatic heterocycles. The fourth-order valence-electron chi connectivity index (χ4n) is 3.66. The third-order valence-electron chi connectivity index (χ3n) is 5.28. The molecule has 1 N–H and O–H groups in total. The van der Waals surface area contributed by atoms with Crippen molar-refractivity contribution < 1.29 is 9.59 Å². The van der Waals surface area contributed by atoms with Crippen molar-refractivity contribution in [3.05, 3.63) is 65.3 Å². The second-order valence-electron chi connectivity index (χ2n) is 7.36. The zero-order valence-corrected chi connectivity index (χ0v) is 18.3. The number of carbonyl (C=O) groups excluding carboxylic acids is 2. The molecule has 8 heteroatoms. The van der Waals surface area contributed by atoms with E-state index >= 15 is 0 Å². The first kappa shape index (κ1) is 20.0. The second kappa shape index (κ2) is 8.64. The summed E-state index contributed by atoms with van der Waals surface area (Å²) in [6.45, 7) is 1.56. The summed E-state index contributed by atoms with van der Waals surface area (Å²) in [5.41, 5.74) is 1.85. The van der Waals surface area contributed by atoms with Crippen molar-refractivity contribution in [3.63, 3.8) is 0 Å². The average Bonchev–Trinajstić information content (AvgIpc) is 3.58. The van der Waals surface area contributed by atoms with Crippen molar-refractivity contribution in [3.8, 4) is 10.7 Å². The standard InChI is InChI=1S/C23H20N4O2S2/c28-19(15-12-18(24-13-15)23(29)27-9-3-4-10-27)14-31-22-16-6-1-2-7-17(16)25-21(26-22)20-8-5-11-30-20/h1-2,5-8,11-13,24H,3-4,9-10,14H2. The van der Waals surface area contributed by atoms with E-state index < -0.39 is 0 Å². The zero-order valence-electron chi connectivity index (χ0n) is 16.7. The number of Topliss-reactive ketones (excluding diaryl/α,β-unsaturated/α-hetero) is 1. The molecule has 0 bridgehead atoms. The normalized spacial score (nSPS) is 13.7. The van der Waals surface area contributed by atoms with Crippen molar-refractivity contribution in [2.45, 2.75) is 17.9 Å². The van der Waals surface area contributed by atoms with Gasteiger partial charge >= 0.3 is 0 Å². The van der Waals surface area contributed by atoms with Crippen molar-refractivity contribution in [2.24, 2.45) is 0 Å². The monoisotopic (exact) mass is 448 g/mol. The van der Waals surface area contributed by atoms with E-state index in [4.69, 9.17) is 4.98 Å². The van der Waals surface area contributed by atoms with Gasteiger partial charge in [-0.05, 0) is 36.4 Å². The molecular weight excluding hydrogens is 428 g/mol. The molecule has 0 aliphatic carbocycles. The van der Waals surface area contributed by atoms with Gasteiger partial charge < -0.3 is 9.88 Å². The van der Waals surface area contributed by atoms with E-state index in [0.29, 0.717) is 17.1 Å². The van der Waals surface area contributed by atoms with Crippen LogP contribution in [0.1, 0.15) is 33.7 Å². The van der Waals surface area contributed by atoms with Gasteiger partial charge in [-0.1, -0.05) is 36.0 Å². The lowest BCUT2D eigenvalue weighted by molar-refractivity contribution is 0.0787. The summed E-state index contributed by atoms with van der Waals surface area (Å²) in [4.78, 5) is 40.5. The number of carbonyl (C=O) groups is 2. The summed E-state index contributed by atoms with van der Waals surface area (Å²) < 4.78 is 0. The predicted molar refractivity (Wildman–Crippen MR) is 124 cm³/mol. The highest BCUT2D eigenvalue weighted by molar-refractivity contribution is 8.00. The first-order valence-electron chi connectivity index (χ1n) is 10.1. The predicted octanol–water partition coefficient (Wildman–Crippen LogP) is 4.90. The molecule has 3 aromatic heterocycles. The van der Waals surface area contributed by atoms with Crippen LogP contribution in [0.5, 0.6) is 0 Å². The van der Waals surface area contributed by atoms with Gasteiger partial charge in [0.25, 0.3) is 5.91 Å². The van der Waals surface area contributed by atoms with Gasteiger partial charge in [-0.15, -0.1) is 11.3 Å². The van der Waals surface area contributed by atoms with Crippen LogP contribution in [0, 0.1) is 0 Å². The summed E-state index contributed by atoms with van der Waals surface area (Å²) in [6.07, 6.45) is 3.70. The number of H-pyrrole nitrogens is 1. The molecule has 0 atom stereocenters. The maximum atomic E-state index is 12.8. The number of nitrogens with one attached hydrogen (secondary N) is 1. The summed E-state index contributed by atoms with van der Waals surface area (Å²) in [5.74, 6) is 0.831. The number of ketones is 1. The van der Waals surface area contributed by atoms with E-state index in [9.17, 15) is 9.59 Å². The van der Waals surface area contributed by atoms with E-state index in [1.807, 2.05) is 46.7 Å². The summed E-state index contributed by atoms with van der Waals surface area (Å²) in [6, 6.07) is 13.5. The summed E-state index contributed by atoms with van der Waals surface area (Å²) in [5, 5.41) is 3.71. The van der Waals surface area contributed by atoms with E-state index in [1.165, 1.54) is 11.8 Å². The molecule has 0 radical (unpaired) electrons. The number of hydrogen-bond donors (Lipinski definition) is 1. The van der Waals surface area contributed by atoms with Crippen LogP contribution in [0.4, 0.5) is 0 Å². The van der Waals surface area contributed by atoms with Gasteiger partial charge in [0, 0.05) is 30.2 Å². The van der Waals surface area contributed by atoms with Gasteiger partial charge in [-0.25, -0.2) is 9.97 Å². The number of amides is 1. The van der Waals surface area contributed by atoms with Crippen LogP contribution in [0.15, 0.2) is 59.1 Å². The number of aromatic nitrogens is 3. The molecule has 156 valence electrons.